The Hall–Kier alpha value is -3.40. The largest absolute Gasteiger partial charge is 0.480 e. The predicted molar refractivity (Wildman–Crippen MR) is 159 cm³/mol. The van der Waals surface area contributed by atoms with E-state index in [-0.39, 0.29) is 43.7 Å². The molecule has 0 saturated carbocycles. The third-order valence-corrected chi connectivity index (χ3v) is 7.62. The minimum Gasteiger partial charge on any atom is -0.480 e. The van der Waals surface area contributed by atoms with Gasteiger partial charge in [-0.1, -0.05) is 58.7 Å². The van der Waals surface area contributed by atoms with Crippen molar-refractivity contribution < 1.29 is 24.3 Å². The highest BCUT2D eigenvalue weighted by molar-refractivity contribution is 5.92. The Labute approximate surface area is 243 Å². The number of nitrogens with zero attached hydrogens (tertiary/aromatic N) is 2. The van der Waals surface area contributed by atoms with Gasteiger partial charge in [0.15, 0.2) is 0 Å². The van der Waals surface area contributed by atoms with E-state index in [1.54, 1.807) is 6.20 Å². The van der Waals surface area contributed by atoms with E-state index in [0.29, 0.717) is 6.42 Å². The molecule has 0 spiro atoms. The first-order valence-electron chi connectivity index (χ1n) is 15.0. The first kappa shape index (κ1) is 32.1. The van der Waals surface area contributed by atoms with Gasteiger partial charge in [0.2, 0.25) is 17.7 Å². The summed E-state index contributed by atoms with van der Waals surface area (Å²) in [5, 5.41) is 16.7. The van der Waals surface area contributed by atoms with E-state index in [1.165, 1.54) is 4.90 Å². The second kappa shape index (κ2) is 15.6. The SMILES string of the molecule is CCCCN(CCCC)CC(=O)NC(CC(C)C)C(=O)N1C[C@H](NC(=O)Cc2c[nH]c3ccccc23)C[C@@H]1C(=O)O. The molecule has 0 bridgehead atoms. The zero-order valence-electron chi connectivity index (χ0n) is 24.9. The van der Waals surface area contributed by atoms with Crippen LogP contribution in [-0.2, 0) is 25.6 Å². The molecule has 3 atom stereocenters. The number of rotatable bonds is 16. The third kappa shape index (κ3) is 9.31. The first-order chi connectivity index (χ1) is 19.6. The van der Waals surface area contributed by atoms with Gasteiger partial charge < -0.3 is 25.6 Å². The van der Waals surface area contributed by atoms with E-state index >= 15 is 0 Å². The molecule has 1 aliphatic rings. The number of carbonyl (C=O) groups excluding carboxylic acids is 3. The Kier molecular flexibility index (Phi) is 12.2. The summed E-state index contributed by atoms with van der Waals surface area (Å²) < 4.78 is 0. The fraction of sp³-hybridized carbons (Fsp3) is 0.613. The summed E-state index contributed by atoms with van der Waals surface area (Å²) in [6.45, 7) is 10.1. The summed E-state index contributed by atoms with van der Waals surface area (Å²) in [7, 11) is 0. The number of carboxylic acids is 1. The molecule has 0 aliphatic carbocycles. The Bertz CT molecular complexity index is 1170. The molecular weight excluding hydrogens is 522 g/mol. The number of carbonyl (C=O) groups is 4. The normalized spacial score (nSPS) is 17.8. The lowest BCUT2D eigenvalue weighted by Crippen LogP contribution is -2.54. The van der Waals surface area contributed by atoms with Crippen molar-refractivity contribution in [2.75, 3.05) is 26.2 Å². The van der Waals surface area contributed by atoms with Crippen LogP contribution in [0.3, 0.4) is 0 Å². The van der Waals surface area contributed by atoms with Gasteiger partial charge in [0, 0.05) is 36.1 Å². The van der Waals surface area contributed by atoms with Crippen molar-refractivity contribution in [3.8, 4) is 0 Å². The van der Waals surface area contributed by atoms with E-state index < -0.39 is 30.0 Å². The molecule has 10 nitrogen and oxygen atoms in total. The number of likely N-dealkylation sites (tertiary alicyclic amines) is 1. The lowest BCUT2D eigenvalue weighted by Gasteiger charge is -2.29. The van der Waals surface area contributed by atoms with Crippen LogP contribution < -0.4 is 10.6 Å². The number of aromatic amines is 1. The Morgan fingerprint density at radius 2 is 1.76 bits per heavy atom. The minimum absolute atomic E-state index is 0.0824. The van der Waals surface area contributed by atoms with Crippen LogP contribution in [0.4, 0.5) is 0 Å². The fourth-order valence-electron chi connectivity index (χ4n) is 5.52. The number of benzene rings is 1. The van der Waals surface area contributed by atoms with Gasteiger partial charge in [0.05, 0.1) is 13.0 Å². The lowest BCUT2D eigenvalue weighted by atomic mass is 10.0. The summed E-state index contributed by atoms with van der Waals surface area (Å²) in [6, 6.07) is 5.32. The summed E-state index contributed by atoms with van der Waals surface area (Å²) in [4.78, 5) is 58.4. The molecule has 1 aromatic heterocycles. The number of H-pyrrole nitrogens is 1. The van der Waals surface area contributed by atoms with Gasteiger partial charge in [-0.3, -0.25) is 19.3 Å². The van der Waals surface area contributed by atoms with Gasteiger partial charge in [0.1, 0.15) is 12.1 Å². The number of amides is 3. The van der Waals surface area contributed by atoms with Crippen LogP contribution in [0, 0.1) is 5.92 Å². The van der Waals surface area contributed by atoms with Crippen LogP contribution >= 0.6 is 0 Å². The molecule has 41 heavy (non-hydrogen) atoms. The Morgan fingerprint density at radius 1 is 1.07 bits per heavy atom. The molecule has 2 heterocycles. The highest BCUT2D eigenvalue weighted by Crippen LogP contribution is 2.22. The van der Waals surface area contributed by atoms with Gasteiger partial charge in [-0.25, -0.2) is 4.79 Å². The van der Waals surface area contributed by atoms with Crippen molar-refractivity contribution in [3.05, 3.63) is 36.0 Å². The molecule has 1 fully saturated rings. The van der Waals surface area contributed by atoms with Gasteiger partial charge in [-0.15, -0.1) is 0 Å². The van der Waals surface area contributed by atoms with Crippen molar-refractivity contribution >= 4 is 34.6 Å². The number of para-hydroxylation sites is 1. The number of fused-ring (bicyclic) bond motifs is 1. The zero-order valence-corrected chi connectivity index (χ0v) is 24.9. The van der Waals surface area contributed by atoms with Gasteiger partial charge in [-0.2, -0.15) is 0 Å². The molecule has 3 amide bonds. The van der Waals surface area contributed by atoms with Gasteiger partial charge in [-0.05, 0) is 49.9 Å². The molecule has 1 saturated heterocycles. The van der Waals surface area contributed by atoms with E-state index in [0.717, 1.165) is 55.2 Å². The second-order valence-corrected chi connectivity index (χ2v) is 11.6. The van der Waals surface area contributed by atoms with Crippen molar-refractivity contribution in [1.29, 1.82) is 0 Å². The number of hydrogen-bond acceptors (Lipinski definition) is 5. The van der Waals surface area contributed by atoms with Crippen LogP contribution in [0.1, 0.15) is 71.8 Å². The lowest BCUT2D eigenvalue weighted by molar-refractivity contribution is -0.149. The van der Waals surface area contributed by atoms with Crippen LogP contribution in [0.2, 0.25) is 0 Å². The van der Waals surface area contributed by atoms with E-state index in [2.05, 4.69) is 34.4 Å². The van der Waals surface area contributed by atoms with Crippen LogP contribution in [0.25, 0.3) is 10.9 Å². The average molecular weight is 570 g/mol. The highest BCUT2D eigenvalue weighted by atomic mass is 16.4. The standard InChI is InChI=1S/C31H47N5O5/c1-5-7-13-35(14-8-6-2)20-29(38)34-26(15-21(3)4)30(39)36-19-23(17-27(36)31(40)41)33-28(37)16-22-18-32-25-12-10-9-11-24(22)25/h9-12,18,21,23,26-27,32H,5-8,13-17,19-20H2,1-4H3,(H,33,37)(H,34,38)(H,40,41)/t23-,26?,27-/m1/s1. The number of aliphatic carboxylic acids is 1. The van der Waals surface area contributed by atoms with E-state index in [4.69, 9.17) is 0 Å². The quantitative estimate of drug-likeness (QED) is 0.245. The average Bonchev–Trinajstić information content (AvgIpc) is 3.53. The maximum absolute atomic E-state index is 13.7. The zero-order chi connectivity index (χ0) is 29.9. The monoisotopic (exact) mass is 569 g/mol. The number of hydrogen-bond donors (Lipinski definition) is 4. The van der Waals surface area contributed by atoms with Crippen molar-refractivity contribution in [2.45, 2.75) is 90.8 Å². The summed E-state index contributed by atoms with van der Waals surface area (Å²) >= 11 is 0. The Balaban J connectivity index is 1.66. The molecule has 4 N–H and O–H groups in total. The molecule has 226 valence electrons. The smallest absolute Gasteiger partial charge is 0.326 e. The number of aromatic nitrogens is 1. The number of unbranched alkanes of at least 4 members (excludes halogenated alkanes) is 2. The van der Waals surface area contributed by atoms with Crippen LogP contribution in [-0.4, -0.2) is 87.9 Å². The maximum atomic E-state index is 13.7. The van der Waals surface area contributed by atoms with Crippen molar-refractivity contribution in [3.63, 3.8) is 0 Å². The first-order valence-corrected chi connectivity index (χ1v) is 15.0. The molecule has 2 aromatic rings. The van der Waals surface area contributed by atoms with Crippen molar-refractivity contribution in [2.24, 2.45) is 5.92 Å². The maximum Gasteiger partial charge on any atom is 0.326 e. The van der Waals surface area contributed by atoms with Gasteiger partial charge >= 0.3 is 5.97 Å². The van der Waals surface area contributed by atoms with E-state index in [9.17, 15) is 24.3 Å². The summed E-state index contributed by atoms with van der Waals surface area (Å²) in [5.74, 6) is -1.89. The Morgan fingerprint density at radius 3 is 2.39 bits per heavy atom. The number of carboxylic acid groups (broad SMARTS) is 1. The topological polar surface area (TPSA) is 135 Å². The predicted octanol–water partition coefficient (Wildman–Crippen LogP) is 3.31. The molecule has 3 rings (SSSR count). The van der Waals surface area contributed by atoms with Crippen LogP contribution in [0.5, 0.6) is 0 Å². The highest BCUT2D eigenvalue weighted by Gasteiger charge is 2.42. The fourth-order valence-corrected chi connectivity index (χ4v) is 5.52. The molecule has 1 aliphatic heterocycles. The number of nitrogens with one attached hydrogen (secondary N) is 3. The van der Waals surface area contributed by atoms with Crippen molar-refractivity contribution in [1.82, 2.24) is 25.4 Å². The molecule has 10 heteroatoms. The molecule has 1 unspecified atom stereocenters. The molecular formula is C31H47N5O5. The van der Waals surface area contributed by atoms with Crippen LogP contribution in [0.15, 0.2) is 30.5 Å². The van der Waals surface area contributed by atoms with Gasteiger partial charge in [0.25, 0.3) is 0 Å². The summed E-state index contributed by atoms with van der Waals surface area (Å²) in [5.41, 5.74) is 1.79. The molecule has 1 aromatic carbocycles. The third-order valence-electron chi connectivity index (χ3n) is 7.62. The summed E-state index contributed by atoms with van der Waals surface area (Å²) in [6.07, 6.45) is 6.51. The molecule has 0 radical (unpaired) electrons. The van der Waals surface area contributed by atoms with E-state index in [1.807, 2.05) is 38.1 Å². The second-order valence-electron chi connectivity index (χ2n) is 11.6. The minimum atomic E-state index is -1.12.